The van der Waals surface area contributed by atoms with Crippen LogP contribution in [0.5, 0.6) is 11.5 Å². The molecule has 3 aliphatic carbocycles. The second kappa shape index (κ2) is 9.72. The van der Waals surface area contributed by atoms with Gasteiger partial charge in [-0.05, 0) is 65.1 Å². The summed E-state index contributed by atoms with van der Waals surface area (Å²) in [6.45, 7) is 1.90. The number of carbonyl (C=O) groups excluding carboxylic acids is 3. The minimum atomic E-state index is -1.24. The Morgan fingerprint density at radius 2 is 1.24 bits per heavy atom. The van der Waals surface area contributed by atoms with Gasteiger partial charge in [0.05, 0.1) is 11.8 Å². The van der Waals surface area contributed by atoms with Crippen LogP contribution in [0, 0.1) is 18.8 Å². The first-order chi connectivity index (χ1) is 20.2. The van der Waals surface area contributed by atoms with Gasteiger partial charge in [-0.25, -0.2) is 0 Å². The fourth-order valence-electron chi connectivity index (χ4n) is 6.79. The summed E-state index contributed by atoms with van der Waals surface area (Å²) in [5.41, 5.74) is 4.58. The molecule has 8 heteroatoms. The maximum absolute atomic E-state index is 13.9. The number of carbonyl (C=O) groups is 3. The van der Waals surface area contributed by atoms with Crippen LogP contribution < -0.4 is 10.1 Å². The third-order valence-corrected chi connectivity index (χ3v) is 9.98. The second-order valence-corrected chi connectivity index (χ2v) is 12.2. The minimum absolute atomic E-state index is 0.0666. The smallest absolute Gasteiger partial charge is 0.235 e. The van der Waals surface area contributed by atoms with E-state index in [1.54, 1.807) is 24.3 Å². The van der Waals surface area contributed by atoms with Gasteiger partial charge in [-0.3, -0.25) is 19.3 Å². The number of imide groups is 1. The quantitative estimate of drug-likeness (QED) is 0.198. The van der Waals surface area contributed by atoms with E-state index >= 15 is 0 Å². The number of aryl methyl sites for hydroxylation is 1. The lowest BCUT2D eigenvalue weighted by Gasteiger charge is -2.54. The van der Waals surface area contributed by atoms with Crippen molar-refractivity contribution in [3.05, 3.63) is 125 Å². The lowest BCUT2D eigenvalue weighted by molar-refractivity contribution is -0.140. The van der Waals surface area contributed by atoms with Gasteiger partial charge >= 0.3 is 0 Å². The van der Waals surface area contributed by atoms with Gasteiger partial charge in [0.2, 0.25) is 17.7 Å². The number of amides is 3. The molecule has 0 saturated carbocycles. The zero-order valence-corrected chi connectivity index (χ0v) is 24.2. The van der Waals surface area contributed by atoms with E-state index < -0.39 is 33.4 Å². The lowest BCUT2D eigenvalue weighted by atomic mass is 9.54. The summed E-state index contributed by atoms with van der Waals surface area (Å²) in [5.74, 6) is -1.49. The fourth-order valence-corrected chi connectivity index (χ4v) is 7.88. The van der Waals surface area contributed by atoms with Gasteiger partial charge in [0.15, 0.2) is 0 Å². The molecular weight excluding hydrogens is 571 g/mol. The number of anilines is 1. The van der Waals surface area contributed by atoms with E-state index in [2.05, 4.69) is 5.32 Å². The molecule has 4 aromatic carbocycles. The van der Waals surface area contributed by atoms with E-state index in [1.807, 2.05) is 79.7 Å². The van der Waals surface area contributed by atoms with E-state index in [9.17, 15) is 14.4 Å². The number of hydrogen-bond acceptors (Lipinski definition) is 4. The van der Waals surface area contributed by atoms with Crippen LogP contribution in [0.1, 0.15) is 34.2 Å². The Morgan fingerprint density at radius 1 is 0.762 bits per heavy atom. The highest BCUT2D eigenvalue weighted by Crippen LogP contribution is 2.69. The molecule has 2 atom stereocenters. The summed E-state index contributed by atoms with van der Waals surface area (Å²) in [7, 11) is 0. The van der Waals surface area contributed by atoms with Crippen molar-refractivity contribution in [3.63, 3.8) is 0 Å². The Morgan fingerprint density at radius 3 is 1.74 bits per heavy atom. The highest BCUT2D eigenvalue weighted by atomic mass is 35.5. The van der Waals surface area contributed by atoms with Crippen LogP contribution in [0.25, 0.3) is 0 Å². The molecule has 6 nitrogen and oxygen atoms in total. The molecule has 1 saturated heterocycles. The molecule has 0 unspecified atom stereocenters. The summed E-state index contributed by atoms with van der Waals surface area (Å²) in [6.07, 6.45) is -0.0666. The highest BCUT2D eigenvalue weighted by Gasteiger charge is 2.72. The van der Waals surface area contributed by atoms with Crippen molar-refractivity contribution >= 4 is 46.6 Å². The van der Waals surface area contributed by atoms with Crippen LogP contribution in [-0.4, -0.2) is 29.2 Å². The standard InChI is InChI=1S/C34H26Cl2N2O4/c1-20-8-2-7-13-27(20)42-22-16-14-21(15-17-22)37-28(39)18-19-38-31(40)29-30(32(38)41)34(36)24-10-4-3-9-23(24)33(29,35)25-11-5-6-12-26(25)34/h2-17,29-30H,18-19H2,1H3,(H,37,39)/t29-,30-,33?,34?/m1/s1. The minimum Gasteiger partial charge on any atom is -0.457 e. The van der Waals surface area contributed by atoms with Gasteiger partial charge in [0, 0.05) is 18.7 Å². The number of rotatable bonds is 6. The van der Waals surface area contributed by atoms with Crippen LogP contribution in [-0.2, 0) is 24.1 Å². The summed E-state index contributed by atoms with van der Waals surface area (Å²) in [5, 5.41) is 2.84. The molecule has 0 aromatic heterocycles. The van der Waals surface area contributed by atoms with Crippen LogP contribution >= 0.6 is 23.2 Å². The van der Waals surface area contributed by atoms with E-state index in [0.717, 1.165) is 33.6 Å². The van der Waals surface area contributed by atoms with Gasteiger partial charge in [-0.15, -0.1) is 23.2 Å². The van der Waals surface area contributed by atoms with Crippen molar-refractivity contribution in [3.8, 4) is 11.5 Å². The Bertz CT molecular complexity index is 1650. The molecule has 1 aliphatic heterocycles. The molecule has 1 N–H and O–H groups in total. The maximum atomic E-state index is 13.9. The van der Waals surface area contributed by atoms with E-state index in [4.69, 9.17) is 27.9 Å². The normalized spacial score (nSPS) is 25.1. The first kappa shape index (κ1) is 26.7. The summed E-state index contributed by atoms with van der Waals surface area (Å²) in [6, 6.07) is 29.8. The maximum Gasteiger partial charge on any atom is 0.235 e. The first-order valence-electron chi connectivity index (χ1n) is 13.8. The summed E-state index contributed by atoms with van der Waals surface area (Å²) < 4.78 is 5.92. The third-order valence-electron chi connectivity index (χ3n) is 8.70. The number of hydrogen-bond donors (Lipinski definition) is 1. The monoisotopic (exact) mass is 596 g/mol. The molecule has 0 radical (unpaired) electrons. The van der Waals surface area contributed by atoms with Crippen molar-refractivity contribution in [1.82, 2.24) is 4.90 Å². The molecule has 1 heterocycles. The molecule has 4 aromatic rings. The van der Waals surface area contributed by atoms with Crippen molar-refractivity contribution in [2.24, 2.45) is 11.8 Å². The average molecular weight is 597 g/mol. The zero-order valence-electron chi connectivity index (χ0n) is 22.6. The number of ether oxygens (including phenoxy) is 1. The molecule has 210 valence electrons. The number of para-hydroxylation sites is 1. The Balaban J connectivity index is 1.09. The molecular formula is C34H26Cl2N2O4. The van der Waals surface area contributed by atoms with E-state index in [1.165, 1.54) is 4.90 Å². The first-order valence-corrected chi connectivity index (χ1v) is 14.6. The van der Waals surface area contributed by atoms with Gasteiger partial charge in [0.1, 0.15) is 21.2 Å². The molecule has 42 heavy (non-hydrogen) atoms. The van der Waals surface area contributed by atoms with Gasteiger partial charge < -0.3 is 10.1 Å². The van der Waals surface area contributed by atoms with Crippen molar-refractivity contribution in [2.45, 2.75) is 23.1 Å². The van der Waals surface area contributed by atoms with E-state index in [-0.39, 0.29) is 18.9 Å². The molecule has 1 fully saturated rings. The Kier molecular flexibility index (Phi) is 6.19. The zero-order chi connectivity index (χ0) is 29.2. The lowest BCUT2D eigenvalue weighted by Crippen LogP contribution is -2.57. The second-order valence-electron chi connectivity index (χ2n) is 11.0. The number of halogens is 2. The largest absolute Gasteiger partial charge is 0.457 e. The third kappa shape index (κ3) is 3.75. The number of likely N-dealkylation sites (tertiary alicyclic amines) is 1. The van der Waals surface area contributed by atoms with Crippen molar-refractivity contribution in [2.75, 3.05) is 11.9 Å². The Hall–Kier alpha value is -4.13. The van der Waals surface area contributed by atoms with Crippen LogP contribution in [0.2, 0.25) is 0 Å². The number of alkyl halides is 2. The Labute approximate surface area is 253 Å². The van der Waals surface area contributed by atoms with Crippen LogP contribution in [0.15, 0.2) is 97.1 Å². The summed E-state index contributed by atoms with van der Waals surface area (Å²) >= 11 is 14.9. The average Bonchev–Trinajstić information content (AvgIpc) is 3.27. The summed E-state index contributed by atoms with van der Waals surface area (Å²) in [4.78, 5) is 39.4. The molecule has 3 amide bonds. The van der Waals surface area contributed by atoms with Gasteiger partial charge in [0.25, 0.3) is 0 Å². The fraction of sp³-hybridized carbons (Fsp3) is 0.206. The predicted molar refractivity (Wildman–Crippen MR) is 161 cm³/mol. The van der Waals surface area contributed by atoms with Crippen LogP contribution in [0.4, 0.5) is 5.69 Å². The predicted octanol–water partition coefficient (Wildman–Crippen LogP) is 6.71. The molecule has 4 aliphatic rings. The highest BCUT2D eigenvalue weighted by molar-refractivity contribution is 6.36. The number of benzene rings is 4. The molecule has 2 bridgehead atoms. The van der Waals surface area contributed by atoms with Crippen molar-refractivity contribution in [1.29, 1.82) is 0 Å². The number of nitrogens with zero attached hydrogens (tertiary/aromatic N) is 1. The van der Waals surface area contributed by atoms with Crippen molar-refractivity contribution < 1.29 is 19.1 Å². The number of nitrogens with one attached hydrogen (secondary N) is 1. The topological polar surface area (TPSA) is 75.7 Å². The van der Waals surface area contributed by atoms with Gasteiger partial charge in [-0.1, -0.05) is 66.7 Å². The SMILES string of the molecule is Cc1ccccc1Oc1ccc(NC(=O)CCN2C(=O)[C@H]3[C@H](C2=O)C2(Cl)c4ccccc4C3(Cl)c3ccccc32)cc1. The molecule has 8 rings (SSSR count). The molecule has 0 spiro atoms. The van der Waals surface area contributed by atoms with E-state index in [0.29, 0.717) is 11.4 Å². The van der Waals surface area contributed by atoms with Gasteiger partial charge in [-0.2, -0.15) is 0 Å². The van der Waals surface area contributed by atoms with Crippen LogP contribution in [0.3, 0.4) is 0 Å².